The van der Waals surface area contributed by atoms with Gasteiger partial charge in [0.15, 0.2) is 0 Å². The molecule has 4 rings (SSSR count). The predicted molar refractivity (Wildman–Crippen MR) is 82.2 cm³/mol. The molecule has 0 amide bonds. The maximum atomic E-state index is 9.99. The minimum atomic E-state index is -0.193. The number of anilines is 1. The van der Waals surface area contributed by atoms with E-state index in [0.717, 1.165) is 42.2 Å². The Bertz CT molecular complexity index is 639. The number of hydrogen-bond acceptors (Lipinski definition) is 4. The molecule has 3 atom stereocenters. The smallest absolute Gasteiger partial charge is 0.145 e. The van der Waals surface area contributed by atoms with Crippen LogP contribution in [0.2, 0.25) is 0 Å². The van der Waals surface area contributed by atoms with Crippen molar-refractivity contribution in [2.75, 3.05) is 11.9 Å². The zero-order chi connectivity index (χ0) is 14.4. The summed E-state index contributed by atoms with van der Waals surface area (Å²) in [5, 5.41) is 14.5. The van der Waals surface area contributed by atoms with E-state index in [2.05, 4.69) is 39.0 Å². The van der Waals surface area contributed by atoms with Gasteiger partial charge in [-0.05, 0) is 43.6 Å². The third-order valence-corrected chi connectivity index (χ3v) is 4.97. The molecule has 0 saturated heterocycles. The number of aliphatic hydroxyl groups excluding tert-OH is 1. The van der Waals surface area contributed by atoms with Gasteiger partial charge in [-0.2, -0.15) is 0 Å². The molecule has 5 heteroatoms. The van der Waals surface area contributed by atoms with Gasteiger partial charge in [0.05, 0.1) is 11.5 Å². The highest BCUT2D eigenvalue weighted by Gasteiger charge is 2.31. The summed E-state index contributed by atoms with van der Waals surface area (Å²) in [6.07, 6.45) is 8.04. The second kappa shape index (κ2) is 4.98. The standard InChI is InChI=1S/C16H22N4O/c1-10-6-12(7-14(10)21)20-5-4-13-15(17-8-11-2-3-11)18-9-19-16(13)20/h4-5,9-12,14,21H,2-3,6-8H2,1H3,(H,17,18,19)/t10-,12+,14-/m0/s1. The Morgan fingerprint density at radius 1 is 1.33 bits per heavy atom. The molecule has 112 valence electrons. The van der Waals surface area contributed by atoms with Crippen molar-refractivity contribution in [1.82, 2.24) is 14.5 Å². The lowest BCUT2D eigenvalue weighted by Crippen LogP contribution is -2.09. The lowest BCUT2D eigenvalue weighted by molar-refractivity contribution is 0.139. The number of nitrogens with one attached hydrogen (secondary N) is 1. The lowest BCUT2D eigenvalue weighted by atomic mass is 10.1. The van der Waals surface area contributed by atoms with E-state index < -0.39 is 0 Å². The van der Waals surface area contributed by atoms with Gasteiger partial charge < -0.3 is 15.0 Å². The average Bonchev–Trinajstić information content (AvgIpc) is 3.11. The van der Waals surface area contributed by atoms with Crippen LogP contribution in [0.25, 0.3) is 11.0 Å². The van der Waals surface area contributed by atoms with Gasteiger partial charge in [-0.25, -0.2) is 9.97 Å². The van der Waals surface area contributed by atoms with E-state index in [1.165, 1.54) is 12.8 Å². The monoisotopic (exact) mass is 286 g/mol. The van der Waals surface area contributed by atoms with Crippen LogP contribution in [0, 0.1) is 11.8 Å². The highest BCUT2D eigenvalue weighted by Crippen LogP contribution is 2.37. The van der Waals surface area contributed by atoms with Crippen molar-refractivity contribution in [3.05, 3.63) is 18.6 Å². The van der Waals surface area contributed by atoms with E-state index in [1.54, 1.807) is 6.33 Å². The van der Waals surface area contributed by atoms with Crippen LogP contribution in [0.3, 0.4) is 0 Å². The normalized spacial score (nSPS) is 29.1. The van der Waals surface area contributed by atoms with Crippen molar-refractivity contribution in [2.24, 2.45) is 11.8 Å². The molecular formula is C16H22N4O. The molecule has 2 aliphatic rings. The SMILES string of the molecule is C[C@H]1C[C@@H](n2ccc3c(NCC4CC4)ncnc32)C[C@@H]1O. The quantitative estimate of drug-likeness (QED) is 0.907. The zero-order valence-electron chi connectivity index (χ0n) is 12.4. The van der Waals surface area contributed by atoms with E-state index in [1.807, 2.05) is 0 Å². The van der Waals surface area contributed by atoms with Crippen LogP contribution in [0.4, 0.5) is 5.82 Å². The second-order valence-electron chi connectivity index (χ2n) is 6.68. The minimum Gasteiger partial charge on any atom is -0.393 e. The van der Waals surface area contributed by atoms with Crippen molar-refractivity contribution >= 4 is 16.9 Å². The Morgan fingerprint density at radius 3 is 2.90 bits per heavy atom. The van der Waals surface area contributed by atoms with Crippen molar-refractivity contribution < 1.29 is 5.11 Å². The second-order valence-corrected chi connectivity index (χ2v) is 6.68. The molecule has 21 heavy (non-hydrogen) atoms. The molecule has 2 aromatic heterocycles. The molecule has 2 heterocycles. The summed E-state index contributed by atoms with van der Waals surface area (Å²) >= 11 is 0. The summed E-state index contributed by atoms with van der Waals surface area (Å²) in [6.45, 7) is 3.13. The molecule has 0 bridgehead atoms. The van der Waals surface area contributed by atoms with Crippen LogP contribution in [-0.4, -0.2) is 32.3 Å². The largest absolute Gasteiger partial charge is 0.393 e. The molecule has 2 N–H and O–H groups in total. The topological polar surface area (TPSA) is 63.0 Å². The molecule has 2 saturated carbocycles. The molecule has 2 aliphatic carbocycles. The molecule has 0 spiro atoms. The Balaban J connectivity index is 1.63. The molecule has 0 unspecified atom stereocenters. The van der Waals surface area contributed by atoms with Crippen molar-refractivity contribution in [1.29, 1.82) is 0 Å². The lowest BCUT2D eigenvalue weighted by Gasteiger charge is -2.13. The maximum Gasteiger partial charge on any atom is 0.145 e. The summed E-state index contributed by atoms with van der Waals surface area (Å²) in [4.78, 5) is 8.86. The molecule has 2 fully saturated rings. The molecule has 5 nitrogen and oxygen atoms in total. The van der Waals surface area contributed by atoms with Crippen LogP contribution in [0.1, 0.15) is 38.6 Å². The summed E-state index contributed by atoms with van der Waals surface area (Å²) in [7, 11) is 0. The minimum absolute atomic E-state index is 0.193. The van der Waals surface area contributed by atoms with Gasteiger partial charge in [-0.15, -0.1) is 0 Å². The Morgan fingerprint density at radius 2 is 2.19 bits per heavy atom. The van der Waals surface area contributed by atoms with Crippen LogP contribution >= 0.6 is 0 Å². The molecule has 0 radical (unpaired) electrons. The molecule has 0 aliphatic heterocycles. The van der Waals surface area contributed by atoms with Crippen LogP contribution < -0.4 is 5.32 Å². The third kappa shape index (κ3) is 2.39. The number of fused-ring (bicyclic) bond motifs is 1. The zero-order valence-corrected chi connectivity index (χ0v) is 12.4. The first-order valence-electron chi connectivity index (χ1n) is 7.96. The first-order chi connectivity index (χ1) is 10.2. The fourth-order valence-electron chi connectivity index (χ4n) is 3.39. The van der Waals surface area contributed by atoms with E-state index in [4.69, 9.17) is 0 Å². The van der Waals surface area contributed by atoms with Crippen LogP contribution in [-0.2, 0) is 0 Å². The first kappa shape index (κ1) is 13.1. The van der Waals surface area contributed by atoms with Gasteiger partial charge in [-0.1, -0.05) is 6.92 Å². The molecule has 2 aromatic rings. The average molecular weight is 286 g/mol. The van der Waals surface area contributed by atoms with Gasteiger partial charge in [0, 0.05) is 18.8 Å². The van der Waals surface area contributed by atoms with E-state index in [-0.39, 0.29) is 6.10 Å². The summed E-state index contributed by atoms with van der Waals surface area (Å²) in [5.74, 6) is 2.13. The summed E-state index contributed by atoms with van der Waals surface area (Å²) < 4.78 is 2.21. The highest BCUT2D eigenvalue weighted by atomic mass is 16.3. The van der Waals surface area contributed by atoms with E-state index in [9.17, 15) is 5.11 Å². The number of nitrogens with zero attached hydrogens (tertiary/aromatic N) is 3. The maximum absolute atomic E-state index is 9.99. The highest BCUT2D eigenvalue weighted by molar-refractivity contribution is 5.87. The van der Waals surface area contributed by atoms with Gasteiger partial charge in [0.25, 0.3) is 0 Å². The number of rotatable bonds is 4. The first-order valence-corrected chi connectivity index (χ1v) is 7.96. The fourth-order valence-corrected chi connectivity index (χ4v) is 3.39. The van der Waals surface area contributed by atoms with E-state index in [0.29, 0.717) is 12.0 Å². The van der Waals surface area contributed by atoms with Crippen molar-refractivity contribution in [3.8, 4) is 0 Å². The van der Waals surface area contributed by atoms with Crippen LogP contribution in [0.15, 0.2) is 18.6 Å². The Labute approximate surface area is 124 Å². The fraction of sp³-hybridized carbons (Fsp3) is 0.625. The van der Waals surface area contributed by atoms with Crippen LogP contribution in [0.5, 0.6) is 0 Å². The predicted octanol–water partition coefficient (Wildman–Crippen LogP) is 2.59. The number of aliphatic hydroxyl groups is 1. The summed E-state index contributed by atoms with van der Waals surface area (Å²) in [5.41, 5.74) is 0.981. The van der Waals surface area contributed by atoms with Gasteiger partial charge in [0.1, 0.15) is 17.8 Å². The van der Waals surface area contributed by atoms with Crippen molar-refractivity contribution in [2.45, 2.75) is 44.8 Å². The molecular weight excluding hydrogens is 264 g/mol. The third-order valence-electron chi connectivity index (χ3n) is 4.97. The number of aromatic nitrogens is 3. The van der Waals surface area contributed by atoms with Gasteiger partial charge in [0.2, 0.25) is 0 Å². The number of hydrogen-bond donors (Lipinski definition) is 2. The molecule has 0 aromatic carbocycles. The van der Waals surface area contributed by atoms with Gasteiger partial charge >= 0.3 is 0 Å². The van der Waals surface area contributed by atoms with Crippen molar-refractivity contribution in [3.63, 3.8) is 0 Å². The Hall–Kier alpha value is -1.62. The Kier molecular flexibility index (Phi) is 3.10. The summed E-state index contributed by atoms with van der Waals surface area (Å²) in [6, 6.07) is 2.44. The van der Waals surface area contributed by atoms with E-state index >= 15 is 0 Å². The van der Waals surface area contributed by atoms with Gasteiger partial charge in [-0.3, -0.25) is 0 Å².